The molecule has 1 radical (unpaired) electrons. The molecular formula is C12H17O2. The van der Waals surface area contributed by atoms with Gasteiger partial charge in [0.15, 0.2) is 6.29 Å². The van der Waals surface area contributed by atoms with Crippen LogP contribution in [-0.2, 0) is 16.3 Å². The predicted molar refractivity (Wildman–Crippen MR) is 55.5 cm³/mol. The first-order valence-electron chi connectivity index (χ1n) is 5.14. The summed E-state index contributed by atoms with van der Waals surface area (Å²) in [5.74, 6) is 0. The van der Waals surface area contributed by atoms with Gasteiger partial charge in [-0.15, -0.1) is 0 Å². The van der Waals surface area contributed by atoms with E-state index >= 15 is 0 Å². The molecule has 2 nitrogen and oxygen atoms in total. The van der Waals surface area contributed by atoms with E-state index in [1.807, 2.05) is 30.3 Å². The first kappa shape index (κ1) is 11.2. The summed E-state index contributed by atoms with van der Waals surface area (Å²) in [7, 11) is 0. The van der Waals surface area contributed by atoms with Crippen LogP contribution in [0.25, 0.3) is 0 Å². The minimum Gasteiger partial charge on any atom is -0.349 e. The molecule has 1 rings (SSSR count). The highest BCUT2D eigenvalue weighted by Crippen LogP contribution is 2.04. The van der Waals surface area contributed by atoms with Gasteiger partial charge in [0.25, 0.3) is 0 Å². The van der Waals surface area contributed by atoms with Crippen molar-refractivity contribution in [3.8, 4) is 0 Å². The number of hydrogen-bond acceptors (Lipinski definition) is 1. The van der Waals surface area contributed by atoms with Crippen LogP contribution in [0.1, 0.15) is 25.3 Å². The van der Waals surface area contributed by atoms with E-state index in [1.165, 1.54) is 0 Å². The van der Waals surface area contributed by atoms with E-state index in [-0.39, 0.29) is 0 Å². The SMILES string of the molecule is CCCCOC([O])Cc1ccccc1. The Morgan fingerprint density at radius 3 is 2.64 bits per heavy atom. The first-order valence-corrected chi connectivity index (χ1v) is 5.14. The van der Waals surface area contributed by atoms with Gasteiger partial charge in [-0.2, -0.15) is 0 Å². The predicted octanol–water partition coefficient (Wildman–Crippen LogP) is 2.80. The molecule has 0 saturated heterocycles. The quantitative estimate of drug-likeness (QED) is 0.504. The Balaban J connectivity index is 2.23. The minimum atomic E-state index is -0.913. The maximum Gasteiger partial charge on any atom is 0.195 e. The fourth-order valence-electron chi connectivity index (χ4n) is 1.22. The summed E-state index contributed by atoms with van der Waals surface area (Å²) < 4.78 is 5.13. The second kappa shape index (κ2) is 6.57. The van der Waals surface area contributed by atoms with Crippen LogP contribution in [0.15, 0.2) is 30.3 Å². The molecule has 0 fully saturated rings. The Kier molecular flexibility index (Phi) is 5.27. The van der Waals surface area contributed by atoms with Gasteiger partial charge >= 0.3 is 0 Å². The van der Waals surface area contributed by atoms with E-state index in [1.54, 1.807) is 0 Å². The third-order valence-electron chi connectivity index (χ3n) is 2.05. The summed E-state index contributed by atoms with van der Waals surface area (Å²) in [4.78, 5) is 0. The summed E-state index contributed by atoms with van der Waals surface area (Å²) in [5.41, 5.74) is 1.05. The molecular weight excluding hydrogens is 176 g/mol. The highest BCUT2D eigenvalue weighted by atomic mass is 16.6. The Hall–Kier alpha value is -0.860. The zero-order valence-electron chi connectivity index (χ0n) is 8.61. The lowest BCUT2D eigenvalue weighted by Crippen LogP contribution is -2.14. The Morgan fingerprint density at radius 1 is 1.29 bits per heavy atom. The van der Waals surface area contributed by atoms with Gasteiger partial charge < -0.3 is 4.74 Å². The fraction of sp³-hybridized carbons (Fsp3) is 0.500. The molecule has 14 heavy (non-hydrogen) atoms. The monoisotopic (exact) mass is 193 g/mol. The second-order valence-electron chi connectivity index (χ2n) is 3.34. The summed E-state index contributed by atoms with van der Waals surface area (Å²) >= 11 is 0. The third kappa shape index (κ3) is 4.40. The van der Waals surface area contributed by atoms with Gasteiger partial charge in [-0.25, -0.2) is 5.11 Å². The van der Waals surface area contributed by atoms with Crippen molar-refractivity contribution < 1.29 is 9.84 Å². The average Bonchev–Trinajstić information content (AvgIpc) is 2.20. The molecule has 77 valence electrons. The molecule has 2 heteroatoms. The summed E-state index contributed by atoms with van der Waals surface area (Å²) in [6, 6.07) is 9.73. The molecule has 1 unspecified atom stereocenters. The molecule has 0 saturated carbocycles. The van der Waals surface area contributed by atoms with Gasteiger partial charge in [0, 0.05) is 13.0 Å². The summed E-state index contributed by atoms with van der Waals surface area (Å²) in [5, 5.41) is 11.3. The van der Waals surface area contributed by atoms with Gasteiger partial charge in [-0.05, 0) is 12.0 Å². The van der Waals surface area contributed by atoms with Crippen molar-refractivity contribution in [2.75, 3.05) is 6.61 Å². The Morgan fingerprint density at radius 2 is 2.00 bits per heavy atom. The van der Waals surface area contributed by atoms with Crippen LogP contribution in [0.4, 0.5) is 0 Å². The molecule has 0 aliphatic heterocycles. The van der Waals surface area contributed by atoms with Crippen molar-refractivity contribution in [3.63, 3.8) is 0 Å². The van der Waals surface area contributed by atoms with Gasteiger partial charge in [0.1, 0.15) is 0 Å². The normalized spacial score (nSPS) is 12.7. The Labute approximate surface area is 85.5 Å². The molecule has 0 spiro atoms. The highest BCUT2D eigenvalue weighted by Gasteiger charge is 2.06. The number of ether oxygens (including phenoxy) is 1. The van der Waals surface area contributed by atoms with Gasteiger partial charge in [-0.1, -0.05) is 43.7 Å². The van der Waals surface area contributed by atoms with Gasteiger partial charge in [-0.3, -0.25) is 0 Å². The van der Waals surface area contributed by atoms with E-state index in [0.29, 0.717) is 13.0 Å². The topological polar surface area (TPSA) is 29.1 Å². The highest BCUT2D eigenvalue weighted by molar-refractivity contribution is 5.14. The molecule has 0 aliphatic carbocycles. The molecule has 0 aromatic heterocycles. The van der Waals surface area contributed by atoms with Crippen LogP contribution in [0.3, 0.4) is 0 Å². The second-order valence-corrected chi connectivity index (χ2v) is 3.34. The van der Waals surface area contributed by atoms with E-state index in [9.17, 15) is 5.11 Å². The smallest absolute Gasteiger partial charge is 0.195 e. The number of hydrogen-bond donors (Lipinski definition) is 0. The van der Waals surface area contributed by atoms with Crippen LogP contribution >= 0.6 is 0 Å². The zero-order valence-corrected chi connectivity index (χ0v) is 8.61. The maximum absolute atomic E-state index is 11.3. The molecule has 0 aliphatic rings. The van der Waals surface area contributed by atoms with Crippen LogP contribution in [0.5, 0.6) is 0 Å². The number of unbranched alkanes of at least 4 members (excludes halogenated alkanes) is 1. The van der Waals surface area contributed by atoms with Crippen molar-refractivity contribution in [3.05, 3.63) is 35.9 Å². The van der Waals surface area contributed by atoms with Crippen molar-refractivity contribution in [1.82, 2.24) is 0 Å². The Bertz CT molecular complexity index is 233. The van der Waals surface area contributed by atoms with Gasteiger partial charge in [0.05, 0.1) is 0 Å². The molecule has 0 N–H and O–H groups in total. The molecule has 0 bridgehead atoms. The van der Waals surface area contributed by atoms with Crippen LogP contribution in [0, 0.1) is 0 Å². The van der Waals surface area contributed by atoms with E-state index in [2.05, 4.69) is 6.92 Å². The number of rotatable bonds is 6. The fourth-order valence-corrected chi connectivity index (χ4v) is 1.22. The lowest BCUT2D eigenvalue weighted by Gasteiger charge is -2.09. The summed E-state index contributed by atoms with van der Waals surface area (Å²) in [6.45, 7) is 2.66. The van der Waals surface area contributed by atoms with E-state index in [4.69, 9.17) is 4.74 Å². The third-order valence-corrected chi connectivity index (χ3v) is 2.05. The minimum absolute atomic E-state index is 0.463. The van der Waals surface area contributed by atoms with Crippen molar-refractivity contribution in [1.29, 1.82) is 0 Å². The summed E-state index contributed by atoms with van der Waals surface area (Å²) in [6.07, 6.45) is 1.58. The van der Waals surface area contributed by atoms with E-state index in [0.717, 1.165) is 18.4 Å². The molecule has 1 aromatic rings. The van der Waals surface area contributed by atoms with Crippen molar-refractivity contribution in [2.45, 2.75) is 32.5 Å². The van der Waals surface area contributed by atoms with E-state index < -0.39 is 6.29 Å². The lowest BCUT2D eigenvalue weighted by molar-refractivity contribution is -0.138. The molecule has 0 amide bonds. The van der Waals surface area contributed by atoms with Gasteiger partial charge in [0.2, 0.25) is 0 Å². The number of benzene rings is 1. The maximum atomic E-state index is 11.3. The molecule has 1 atom stereocenters. The van der Waals surface area contributed by atoms with Crippen LogP contribution in [-0.4, -0.2) is 12.9 Å². The average molecular weight is 193 g/mol. The van der Waals surface area contributed by atoms with Crippen LogP contribution < -0.4 is 0 Å². The largest absolute Gasteiger partial charge is 0.349 e. The standard InChI is InChI=1S/C12H17O2/c1-2-3-9-14-12(13)10-11-7-5-4-6-8-11/h4-8,12H,2-3,9-10H2,1H3. The van der Waals surface area contributed by atoms with Crippen molar-refractivity contribution >= 4 is 0 Å². The lowest BCUT2D eigenvalue weighted by atomic mass is 10.1. The van der Waals surface area contributed by atoms with Crippen molar-refractivity contribution in [2.24, 2.45) is 0 Å². The van der Waals surface area contributed by atoms with Crippen LogP contribution in [0.2, 0.25) is 0 Å². The molecule has 0 heterocycles. The molecule has 1 aromatic carbocycles. The first-order chi connectivity index (χ1) is 6.83. The zero-order chi connectivity index (χ0) is 10.2.